The molecule has 0 atom stereocenters. The fourth-order valence-electron chi connectivity index (χ4n) is 2.30. The van der Waals surface area contributed by atoms with Crippen molar-refractivity contribution in [3.05, 3.63) is 41.3 Å². The number of hydrogen-bond acceptors (Lipinski definition) is 4. The maximum atomic E-state index is 6.11. The lowest BCUT2D eigenvalue weighted by Gasteiger charge is -2.32. The van der Waals surface area contributed by atoms with E-state index >= 15 is 0 Å². The predicted octanol–water partition coefficient (Wildman–Crippen LogP) is 3.21. The summed E-state index contributed by atoms with van der Waals surface area (Å²) < 4.78 is 13.0. The van der Waals surface area contributed by atoms with Crippen LogP contribution in [0.5, 0.6) is 0 Å². The number of pyridine rings is 2. The lowest BCUT2D eigenvalue weighted by Crippen LogP contribution is -2.41. The Labute approximate surface area is 139 Å². The first-order chi connectivity index (χ1) is 10.3. The summed E-state index contributed by atoms with van der Waals surface area (Å²) in [4.78, 5) is 8.57. The number of halogens is 1. The molecular formula is C16H18BBrN2O2. The van der Waals surface area contributed by atoms with Gasteiger partial charge < -0.3 is 9.31 Å². The van der Waals surface area contributed by atoms with Gasteiger partial charge in [-0.15, -0.1) is 0 Å². The Hall–Kier alpha value is -1.24. The molecular weight excluding hydrogens is 343 g/mol. The fraction of sp³-hybridized carbons (Fsp3) is 0.375. The van der Waals surface area contributed by atoms with Crippen molar-refractivity contribution in [1.29, 1.82) is 0 Å². The summed E-state index contributed by atoms with van der Waals surface area (Å²) in [6.45, 7) is 8.19. The first kappa shape index (κ1) is 15.7. The third-order valence-corrected chi connectivity index (χ3v) is 4.72. The normalized spacial score (nSPS) is 19.4. The quantitative estimate of drug-likeness (QED) is 0.609. The van der Waals surface area contributed by atoms with Crippen LogP contribution in [0, 0.1) is 0 Å². The van der Waals surface area contributed by atoms with Crippen LogP contribution in [0.2, 0.25) is 0 Å². The molecule has 22 heavy (non-hydrogen) atoms. The summed E-state index contributed by atoms with van der Waals surface area (Å²) in [6, 6.07) is 7.81. The maximum Gasteiger partial charge on any atom is 0.495 e. The topological polar surface area (TPSA) is 44.2 Å². The molecule has 0 saturated carbocycles. The maximum absolute atomic E-state index is 6.11. The van der Waals surface area contributed by atoms with E-state index in [0.29, 0.717) is 0 Å². The average Bonchev–Trinajstić information content (AvgIpc) is 2.68. The summed E-state index contributed by atoms with van der Waals surface area (Å²) in [5, 5.41) is 0. The van der Waals surface area contributed by atoms with Crippen molar-refractivity contribution in [3.8, 4) is 11.3 Å². The van der Waals surface area contributed by atoms with Crippen molar-refractivity contribution < 1.29 is 9.31 Å². The zero-order chi connectivity index (χ0) is 16.0. The number of hydrogen-bond donors (Lipinski definition) is 0. The van der Waals surface area contributed by atoms with Gasteiger partial charge in [0.2, 0.25) is 0 Å². The molecule has 0 unspecified atom stereocenters. The summed E-state index contributed by atoms with van der Waals surface area (Å²) >= 11 is 3.48. The average molecular weight is 361 g/mol. The van der Waals surface area contributed by atoms with Crippen LogP contribution >= 0.6 is 15.9 Å². The Kier molecular flexibility index (Phi) is 3.87. The molecule has 0 spiro atoms. The van der Waals surface area contributed by atoms with Crippen LogP contribution in [0.4, 0.5) is 0 Å². The van der Waals surface area contributed by atoms with Crippen molar-refractivity contribution in [2.45, 2.75) is 38.9 Å². The Balaban J connectivity index is 1.98. The van der Waals surface area contributed by atoms with Crippen molar-refractivity contribution in [2.24, 2.45) is 0 Å². The van der Waals surface area contributed by atoms with E-state index in [9.17, 15) is 0 Å². The molecule has 1 saturated heterocycles. The largest absolute Gasteiger partial charge is 0.495 e. The van der Waals surface area contributed by atoms with Crippen LogP contribution in [0.15, 0.2) is 41.3 Å². The molecule has 0 amide bonds. The monoisotopic (exact) mass is 360 g/mol. The summed E-state index contributed by atoms with van der Waals surface area (Å²) in [6.07, 6.45) is 3.51. The molecule has 1 aliphatic rings. The molecule has 4 nitrogen and oxygen atoms in total. The minimum absolute atomic E-state index is 0.357. The second-order valence-corrected chi connectivity index (χ2v) is 7.25. The van der Waals surface area contributed by atoms with E-state index in [1.54, 1.807) is 12.4 Å². The minimum Gasteiger partial charge on any atom is -0.399 e. The molecule has 1 fully saturated rings. The number of rotatable bonds is 2. The second-order valence-electron chi connectivity index (χ2n) is 6.43. The molecule has 114 valence electrons. The Morgan fingerprint density at radius 3 is 2.18 bits per heavy atom. The van der Waals surface area contributed by atoms with Crippen molar-refractivity contribution >= 4 is 28.5 Å². The number of nitrogens with zero attached hydrogens (tertiary/aromatic N) is 2. The smallest absolute Gasteiger partial charge is 0.399 e. The van der Waals surface area contributed by atoms with Crippen LogP contribution in [0.25, 0.3) is 11.3 Å². The van der Waals surface area contributed by atoms with Gasteiger partial charge in [-0.3, -0.25) is 4.98 Å². The standard InChI is InChI=1S/C16H18BBrN2O2/c1-15(2)16(3,4)22-17(21-15)12-9-13(20-14(18)10-12)11-5-7-19-8-6-11/h5-10H,1-4H3. The van der Waals surface area contributed by atoms with Gasteiger partial charge in [-0.25, -0.2) is 4.98 Å². The Morgan fingerprint density at radius 1 is 1.00 bits per heavy atom. The molecule has 2 aromatic rings. The van der Waals surface area contributed by atoms with E-state index in [1.807, 2.05) is 52.0 Å². The minimum atomic E-state index is -0.398. The summed E-state index contributed by atoms with van der Waals surface area (Å²) in [7, 11) is -0.398. The molecule has 0 aliphatic carbocycles. The first-order valence-electron chi connectivity index (χ1n) is 7.22. The Morgan fingerprint density at radius 2 is 1.59 bits per heavy atom. The van der Waals surface area contributed by atoms with Crippen LogP contribution < -0.4 is 5.46 Å². The molecule has 2 aromatic heterocycles. The molecule has 0 bridgehead atoms. The zero-order valence-corrected chi connectivity index (χ0v) is 14.7. The van der Waals surface area contributed by atoms with Crippen molar-refractivity contribution in [3.63, 3.8) is 0 Å². The molecule has 0 N–H and O–H groups in total. The molecule has 3 rings (SSSR count). The molecule has 0 aromatic carbocycles. The highest BCUT2D eigenvalue weighted by atomic mass is 79.9. The van der Waals surface area contributed by atoms with E-state index in [4.69, 9.17) is 9.31 Å². The van der Waals surface area contributed by atoms with Crippen LogP contribution in [0.1, 0.15) is 27.7 Å². The van der Waals surface area contributed by atoms with Crippen molar-refractivity contribution in [2.75, 3.05) is 0 Å². The first-order valence-corrected chi connectivity index (χ1v) is 8.01. The van der Waals surface area contributed by atoms with Gasteiger partial charge in [-0.2, -0.15) is 0 Å². The van der Waals surface area contributed by atoms with Gasteiger partial charge in [-0.05, 0) is 73.4 Å². The van der Waals surface area contributed by atoms with Gasteiger partial charge in [0.05, 0.1) is 16.9 Å². The SMILES string of the molecule is CC1(C)OB(c2cc(Br)nc(-c3ccncc3)c2)OC1(C)C. The van der Waals surface area contributed by atoms with Gasteiger partial charge in [0, 0.05) is 18.0 Å². The van der Waals surface area contributed by atoms with E-state index in [1.165, 1.54) is 0 Å². The molecule has 6 heteroatoms. The van der Waals surface area contributed by atoms with E-state index in [-0.39, 0.29) is 11.2 Å². The Bertz CT molecular complexity index is 676. The van der Waals surface area contributed by atoms with Crippen LogP contribution in [-0.4, -0.2) is 28.3 Å². The van der Waals surface area contributed by atoms with E-state index < -0.39 is 7.12 Å². The lowest BCUT2D eigenvalue weighted by molar-refractivity contribution is 0.00578. The highest BCUT2D eigenvalue weighted by Crippen LogP contribution is 2.36. The van der Waals surface area contributed by atoms with Crippen molar-refractivity contribution in [1.82, 2.24) is 9.97 Å². The highest BCUT2D eigenvalue weighted by molar-refractivity contribution is 9.10. The summed E-state index contributed by atoms with van der Waals surface area (Å²) in [5.74, 6) is 0. The second kappa shape index (κ2) is 5.44. The lowest BCUT2D eigenvalue weighted by atomic mass is 9.79. The van der Waals surface area contributed by atoms with Gasteiger partial charge in [0.25, 0.3) is 0 Å². The highest BCUT2D eigenvalue weighted by Gasteiger charge is 2.51. The van der Waals surface area contributed by atoms with E-state index in [0.717, 1.165) is 21.3 Å². The zero-order valence-electron chi connectivity index (χ0n) is 13.1. The third kappa shape index (κ3) is 2.83. The fourth-order valence-corrected chi connectivity index (χ4v) is 2.76. The molecule has 0 radical (unpaired) electrons. The number of aromatic nitrogens is 2. The molecule has 1 aliphatic heterocycles. The molecule has 3 heterocycles. The van der Waals surface area contributed by atoms with Crippen LogP contribution in [-0.2, 0) is 9.31 Å². The van der Waals surface area contributed by atoms with Gasteiger partial charge in [0.15, 0.2) is 0 Å². The van der Waals surface area contributed by atoms with Crippen LogP contribution in [0.3, 0.4) is 0 Å². The van der Waals surface area contributed by atoms with Gasteiger partial charge in [0.1, 0.15) is 4.60 Å². The van der Waals surface area contributed by atoms with E-state index in [2.05, 4.69) is 25.9 Å². The third-order valence-electron chi connectivity index (χ3n) is 4.32. The van der Waals surface area contributed by atoms with Gasteiger partial charge >= 0.3 is 7.12 Å². The van der Waals surface area contributed by atoms with Gasteiger partial charge in [-0.1, -0.05) is 0 Å². The predicted molar refractivity (Wildman–Crippen MR) is 90.9 cm³/mol. The summed E-state index contributed by atoms with van der Waals surface area (Å²) in [5.41, 5.74) is 2.11.